The molecule has 196 valence electrons. The van der Waals surface area contributed by atoms with Gasteiger partial charge in [-0.2, -0.15) is 0 Å². The van der Waals surface area contributed by atoms with Crippen molar-refractivity contribution in [3.63, 3.8) is 0 Å². The van der Waals surface area contributed by atoms with Gasteiger partial charge in [0.25, 0.3) is 0 Å². The summed E-state index contributed by atoms with van der Waals surface area (Å²) in [5.41, 5.74) is 1.28. The lowest BCUT2D eigenvalue weighted by Gasteiger charge is -2.26. The molecular formula is C28H42O7. The van der Waals surface area contributed by atoms with Crippen LogP contribution in [0.25, 0.3) is 0 Å². The lowest BCUT2D eigenvalue weighted by Crippen LogP contribution is -2.25. The Morgan fingerprint density at radius 3 is 1.63 bits per heavy atom. The largest absolute Gasteiger partial charge is 0.481 e. The van der Waals surface area contributed by atoms with Crippen molar-refractivity contribution in [1.82, 2.24) is 0 Å². The standard InChI is InChI=1S/C28H42O7/c1-27(2,17-29)11-5-7-18-13-22(30)15-20(24(18)32)9-10-21-16-23(31)14-19(25(21)33)8-6-12-28(3,4)26(34)35/h9-10,13-16,22-25,29-33H,5-8,11-12,17H2,1-4H3,(H,34,35)/b10-9-. The van der Waals surface area contributed by atoms with E-state index in [4.69, 9.17) is 0 Å². The van der Waals surface area contributed by atoms with E-state index >= 15 is 0 Å². The Hall–Kier alpha value is -2.03. The van der Waals surface area contributed by atoms with Gasteiger partial charge >= 0.3 is 5.97 Å². The molecule has 0 saturated heterocycles. The van der Waals surface area contributed by atoms with Crippen LogP contribution in [0.1, 0.15) is 66.2 Å². The average Bonchev–Trinajstić information content (AvgIpc) is 2.77. The second-order valence-electron chi connectivity index (χ2n) is 11.2. The molecule has 35 heavy (non-hydrogen) atoms. The predicted molar refractivity (Wildman–Crippen MR) is 135 cm³/mol. The van der Waals surface area contributed by atoms with Crippen LogP contribution in [-0.4, -0.2) is 67.6 Å². The summed E-state index contributed by atoms with van der Waals surface area (Å²) in [6.07, 6.45) is 9.69. The summed E-state index contributed by atoms with van der Waals surface area (Å²) in [7, 11) is 0. The van der Waals surface area contributed by atoms with Crippen molar-refractivity contribution in [2.45, 2.75) is 90.6 Å². The van der Waals surface area contributed by atoms with E-state index in [2.05, 4.69) is 0 Å². The molecule has 4 unspecified atom stereocenters. The molecule has 0 aromatic carbocycles. The van der Waals surface area contributed by atoms with E-state index in [9.17, 15) is 35.4 Å². The molecule has 4 atom stereocenters. The van der Waals surface area contributed by atoms with E-state index in [1.54, 1.807) is 44.2 Å². The number of aliphatic hydroxyl groups is 5. The van der Waals surface area contributed by atoms with E-state index in [1.165, 1.54) is 6.08 Å². The normalized spacial score (nSPS) is 25.7. The molecule has 0 heterocycles. The fourth-order valence-corrected chi connectivity index (χ4v) is 4.34. The quantitative estimate of drug-likeness (QED) is 0.231. The topological polar surface area (TPSA) is 138 Å². The highest BCUT2D eigenvalue weighted by Crippen LogP contribution is 2.31. The lowest BCUT2D eigenvalue weighted by molar-refractivity contribution is -0.147. The number of carbonyl (C=O) groups is 1. The molecule has 0 aliphatic heterocycles. The lowest BCUT2D eigenvalue weighted by atomic mass is 9.83. The Labute approximate surface area is 208 Å². The smallest absolute Gasteiger partial charge is 0.309 e. The minimum absolute atomic E-state index is 0.0855. The molecule has 0 spiro atoms. The maximum atomic E-state index is 11.3. The monoisotopic (exact) mass is 490 g/mol. The van der Waals surface area contributed by atoms with Crippen molar-refractivity contribution in [1.29, 1.82) is 0 Å². The first-order chi connectivity index (χ1) is 16.3. The third-order valence-corrected chi connectivity index (χ3v) is 6.89. The van der Waals surface area contributed by atoms with Gasteiger partial charge in [0.1, 0.15) is 0 Å². The molecule has 2 rings (SSSR count). The molecule has 7 nitrogen and oxygen atoms in total. The van der Waals surface area contributed by atoms with E-state index in [-0.39, 0.29) is 12.0 Å². The third-order valence-electron chi connectivity index (χ3n) is 6.89. The van der Waals surface area contributed by atoms with Gasteiger partial charge < -0.3 is 30.6 Å². The van der Waals surface area contributed by atoms with Gasteiger partial charge in [0.15, 0.2) is 0 Å². The van der Waals surface area contributed by atoms with E-state index in [0.29, 0.717) is 48.0 Å². The Bertz CT molecular complexity index is 904. The van der Waals surface area contributed by atoms with Gasteiger partial charge in [-0.3, -0.25) is 4.79 Å². The summed E-state index contributed by atoms with van der Waals surface area (Å²) in [5, 5.41) is 60.9. The Kier molecular flexibility index (Phi) is 10.2. The highest BCUT2D eigenvalue weighted by atomic mass is 16.4. The molecule has 0 aromatic rings. The number of hydrogen-bond donors (Lipinski definition) is 6. The van der Waals surface area contributed by atoms with Crippen LogP contribution in [0.4, 0.5) is 0 Å². The average molecular weight is 491 g/mol. The zero-order valence-electron chi connectivity index (χ0n) is 21.3. The van der Waals surface area contributed by atoms with Crippen LogP contribution in [0.3, 0.4) is 0 Å². The van der Waals surface area contributed by atoms with Crippen LogP contribution in [0, 0.1) is 10.8 Å². The van der Waals surface area contributed by atoms with Gasteiger partial charge in [-0.05, 0) is 92.2 Å². The van der Waals surface area contributed by atoms with E-state index < -0.39 is 35.8 Å². The molecule has 6 N–H and O–H groups in total. The summed E-state index contributed by atoms with van der Waals surface area (Å²) in [4.78, 5) is 11.3. The summed E-state index contributed by atoms with van der Waals surface area (Å²) < 4.78 is 0. The van der Waals surface area contributed by atoms with Gasteiger partial charge in [0, 0.05) is 6.61 Å². The van der Waals surface area contributed by atoms with Gasteiger partial charge in [-0.25, -0.2) is 0 Å². The van der Waals surface area contributed by atoms with Gasteiger partial charge in [0.05, 0.1) is 29.8 Å². The molecule has 0 radical (unpaired) electrons. The number of carboxylic acid groups (broad SMARTS) is 1. The molecule has 2 aliphatic carbocycles. The second kappa shape index (κ2) is 12.3. The summed E-state index contributed by atoms with van der Waals surface area (Å²) in [6, 6.07) is 0. The van der Waals surface area contributed by atoms with E-state index in [0.717, 1.165) is 12.8 Å². The zero-order chi connectivity index (χ0) is 26.4. The highest BCUT2D eigenvalue weighted by Gasteiger charge is 2.28. The second-order valence-corrected chi connectivity index (χ2v) is 11.2. The van der Waals surface area contributed by atoms with Crippen LogP contribution < -0.4 is 0 Å². The predicted octanol–water partition coefficient (Wildman–Crippen LogP) is 3.19. The summed E-state index contributed by atoms with van der Waals surface area (Å²) in [6.45, 7) is 7.38. The molecular weight excluding hydrogens is 448 g/mol. The van der Waals surface area contributed by atoms with Gasteiger partial charge in [0.2, 0.25) is 0 Å². The minimum atomic E-state index is -0.940. The first-order valence-electron chi connectivity index (χ1n) is 12.3. The first-order valence-corrected chi connectivity index (χ1v) is 12.3. The van der Waals surface area contributed by atoms with Crippen molar-refractivity contribution in [3.05, 3.63) is 58.7 Å². The third kappa shape index (κ3) is 8.54. The number of aliphatic hydroxyl groups excluding tert-OH is 5. The van der Waals surface area contributed by atoms with Gasteiger partial charge in [-0.15, -0.1) is 0 Å². The summed E-state index contributed by atoms with van der Waals surface area (Å²) in [5.74, 6) is -0.869. The Balaban J connectivity index is 2.02. The maximum Gasteiger partial charge on any atom is 0.309 e. The number of aliphatic carboxylic acids is 1. The van der Waals surface area contributed by atoms with Crippen molar-refractivity contribution < 1.29 is 35.4 Å². The molecule has 0 saturated carbocycles. The van der Waals surface area contributed by atoms with Crippen molar-refractivity contribution in [3.8, 4) is 0 Å². The minimum Gasteiger partial charge on any atom is -0.481 e. The fraction of sp³-hybridized carbons (Fsp3) is 0.607. The Morgan fingerprint density at radius 2 is 1.23 bits per heavy atom. The number of carboxylic acids is 1. The maximum absolute atomic E-state index is 11.3. The molecule has 0 fully saturated rings. The van der Waals surface area contributed by atoms with Crippen LogP contribution in [-0.2, 0) is 4.79 Å². The number of hydrogen-bond acceptors (Lipinski definition) is 6. The fourth-order valence-electron chi connectivity index (χ4n) is 4.34. The molecule has 0 bridgehead atoms. The Morgan fingerprint density at radius 1 is 0.800 bits per heavy atom. The van der Waals surface area contributed by atoms with Crippen molar-refractivity contribution in [2.24, 2.45) is 10.8 Å². The molecule has 0 aromatic heterocycles. The van der Waals surface area contributed by atoms with Crippen LogP contribution in [0.5, 0.6) is 0 Å². The zero-order valence-corrected chi connectivity index (χ0v) is 21.3. The van der Waals surface area contributed by atoms with E-state index in [1.807, 2.05) is 13.8 Å². The van der Waals surface area contributed by atoms with Crippen LogP contribution >= 0.6 is 0 Å². The SMILES string of the molecule is CC(C)(CO)CCCC1=CC(O)C=C(/C=C\C2=CC(O)C=C(CCCC(C)(C)C(=O)O)C2O)C1O. The first kappa shape index (κ1) is 29.2. The van der Waals surface area contributed by atoms with Gasteiger partial charge in [-0.1, -0.05) is 38.2 Å². The molecule has 2 aliphatic rings. The van der Waals surface area contributed by atoms with Crippen LogP contribution in [0.2, 0.25) is 0 Å². The number of rotatable bonds is 12. The summed E-state index contributed by atoms with van der Waals surface area (Å²) >= 11 is 0. The van der Waals surface area contributed by atoms with Crippen LogP contribution in [0.15, 0.2) is 58.7 Å². The van der Waals surface area contributed by atoms with Crippen molar-refractivity contribution >= 4 is 5.97 Å². The highest BCUT2D eigenvalue weighted by molar-refractivity contribution is 5.73. The molecule has 7 heteroatoms. The van der Waals surface area contributed by atoms with Crippen molar-refractivity contribution in [2.75, 3.05) is 6.61 Å². The molecule has 0 amide bonds.